The summed E-state index contributed by atoms with van der Waals surface area (Å²) in [5.74, 6) is 1.14. The first-order valence-corrected chi connectivity index (χ1v) is 13.9. The topological polar surface area (TPSA) is 131 Å². The molecular weight excluding hydrogens is 488 g/mol. The Bertz CT molecular complexity index is 1350. The quantitative estimate of drug-likeness (QED) is 0.449. The van der Waals surface area contributed by atoms with Gasteiger partial charge >= 0.3 is 0 Å². The van der Waals surface area contributed by atoms with E-state index in [4.69, 9.17) is 33.9 Å². The van der Waals surface area contributed by atoms with E-state index in [-0.39, 0.29) is 17.7 Å². The smallest absolute Gasteiger partial charge is 0.298 e. The van der Waals surface area contributed by atoms with Crippen LogP contribution in [0.5, 0.6) is 11.9 Å². The molecule has 0 N–H and O–H groups in total. The Morgan fingerprint density at radius 1 is 1.08 bits per heavy atom. The van der Waals surface area contributed by atoms with E-state index in [2.05, 4.69) is 9.88 Å². The normalized spacial score (nSPS) is 17.5. The fraction of sp³-hybridized carbons (Fsp3) is 0.565. The average Bonchev–Trinajstić information content (AvgIpc) is 3.18. The van der Waals surface area contributed by atoms with Gasteiger partial charge in [0.15, 0.2) is 32.6 Å². The molecule has 2 fully saturated rings. The van der Waals surface area contributed by atoms with Crippen LogP contribution in [0, 0.1) is 0 Å². The molecule has 194 valence electrons. The highest BCUT2D eigenvalue weighted by molar-refractivity contribution is 7.89. The number of anilines is 1. The second-order valence-corrected chi connectivity index (χ2v) is 11.1. The molecule has 12 nitrogen and oxygen atoms in total. The van der Waals surface area contributed by atoms with Gasteiger partial charge in [-0.25, -0.2) is 23.4 Å². The summed E-state index contributed by atoms with van der Waals surface area (Å²) in [6, 6.07) is 2.19. The number of methoxy groups -OCH3 is 1. The molecular formula is C23H30N6O6S. The lowest BCUT2D eigenvalue weighted by Gasteiger charge is -2.28. The number of aromatic nitrogens is 5. The number of nitrogens with zero attached hydrogens (tertiary/aromatic N) is 6. The highest BCUT2D eigenvalue weighted by atomic mass is 32.2. The van der Waals surface area contributed by atoms with Gasteiger partial charge in [0.05, 0.1) is 39.3 Å². The molecule has 0 saturated carbocycles. The van der Waals surface area contributed by atoms with Gasteiger partial charge in [0.2, 0.25) is 5.88 Å². The number of pyridine rings is 1. The molecule has 0 aromatic carbocycles. The number of hydrogen-bond acceptors (Lipinski definition) is 11. The first kappa shape index (κ1) is 24.7. The summed E-state index contributed by atoms with van der Waals surface area (Å²) in [6.07, 6.45) is 4.39. The molecule has 5 heterocycles. The Kier molecular flexibility index (Phi) is 6.95. The van der Waals surface area contributed by atoms with Crippen LogP contribution in [-0.4, -0.2) is 91.9 Å². The van der Waals surface area contributed by atoms with Crippen LogP contribution in [0.2, 0.25) is 0 Å². The summed E-state index contributed by atoms with van der Waals surface area (Å²) in [5, 5.41) is 0. The number of morpholine rings is 1. The maximum atomic E-state index is 12.0. The molecule has 3 aromatic heterocycles. The zero-order chi connectivity index (χ0) is 25.3. The van der Waals surface area contributed by atoms with Crippen molar-refractivity contribution >= 4 is 26.8 Å². The van der Waals surface area contributed by atoms with E-state index >= 15 is 0 Å². The van der Waals surface area contributed by atoms with Crippen LogP contribution in [0.1, 0.15) is 18.4 Å². The van der Waals surface area contributed by atoms with Gasteiger partial charge in [-0.3, -0.25) is 4.57 Å². The van der Waals surface area contributed by atoms with E-state index in [1.54, 1.807) is 12.3 Å². The molecule has 2 saturated heterocycles. The molecule has 13 heteroatoms. The molecule has 0 bridgehead atoms. The van der Waals surface area contributed by atoms with Gasteiger partial charge in [-0.05, 0) is 6.07 Å². The molecule has 0 atom stereocenters. The van der Waals surface area contributed by atoms with Gasteiger partial charge in [-0.15, -0.1) is 0 Å². The first-order chi connectivity index (χ1) is 17.3. The van der Waals surface area contributed by atoms with Gasteiger partial charge in [-0.2, -0.15) is 4.98 Å². The Balaban J connectivity index is 1.61. The van der Waals surface area contributed by atoms with Crippen LogP contribution in [0.15, 0.2) is 12.3 Å². The van der Waals surface area contributed by atoms with Crippen LogP contribution in [-0.2, 0) is 32.1 Å². The van der Waals surface area contributed by atoms with E-state index < -0.39 is 9.84 Å². The number of aryl methyl sites for hydroxylation is 1. The van der Waals surface area contributed by atoms with E-state index in [1.807, 2.05) is 11.6 Å². The summed E-state index contributed by atoms with van der Waals surface area (Å²) < 4.78 is 48.3. The van der Waals surface area contributed by atoms with Crippen LogP contribution in [0.25, 0.3) is 22.6 Å². The van der Waals surface area contributed by atoms with E-state index in [9.17, 15) is 8.42 Å². The first-order valence-electron chi connectivity index (χ1n) is 11.8. The SMILES string of the molecule is COc1ncc(-c2nc(N3CCOCC3)c3nc(OC4CCOCC4)n(C)c3n2)cc1CS(C)(=O)=O. The van der Waals surface area contributed by atoms with Crippen molar-refractivity contribution in [3.05, 3.63) is 17.8 Å². The van der Waals surface area contributed by atoms with Crippen molar-refractivity contribution in [1.29, 1.82) is 0 Å². The molecule has 0 aliphatic carbocycles. The molecule has 0 spiro atoms. The van der Waals surface area contributed by atoms with Crippen molar-refractivity contribution in [2.45, 2.75) is 24.7 Å². The Labute approximate surface area is 209 Å². The third-order valence-corrected chi connectivity index (χ3v) is 7.04. The standard InChI is InChI=1S/C23H30N6O6S/c1-28-20-18(25-23(28)35-17-4-8-33-9-5-17)21(29-6-10-34-11-7-29)27-19(26-20)15-12-16(14-36(3,30)31)22(32-2)24-13-15/h12-13,17H,4-11,14H2,1-3H3. The van der Waals surface area contributed by atoms with Gasteiger partial charge in [0.1, 0.15) is 6.10 Å². The summed E-state index contributed by atoms with van der Waals surface area (Å²) in [7, 11) is 0.0183. The lowest BCUT2D eigenvalue weighted by molar-refractivity contribution is 0.0207. The third-order valence-electron chi connectivity index (χ3n) is 6.20. The zero-order valence-electron chi connectivity index (χ0n) is 20.6. The average molecular weight is 519 g/mol. The molecule has 3 aromatic rings. The molecule has 0 unspecified atom stereocenters. The molecule has 5 rings (SSSR count). The lowest BCUT2D eigenvalue weighted by Crippen LogP contribution is -2.37. The minimum Gasteiger partial charge on any atom is -0.481 e. The highest BCUT2D eigenvalue weighted by Crippen LogP contribution is 2.32. The number of ether oxygens (including phenoxy) is 4. The monoisotopic (exact) mass is 518 g/mol. The predicted molar refractivity (Wildman–Crippen MR) is 132 cm³/mol. The Morgan fingerprint density at radius 2 is 1.81 bits per heavy atom. The lowest BCUT2D eigenvalue weighted by atomic mass is 10.2. The Hall–Kier alpha value is -3.03. The predicted octanol–water partition coefficient (Wildman–Crippen LogP) is 1.37. The highest BCUT2D eigenvalue weighted by Gasteiger charge is 2.25. The van der Waals surface area contributed by atoms with Crippen LogP contribution in [0.4, 0.5) is 5.82 Å². The van der Waals surface area contributed by atoms with Crippen LogP contribution >= 0.6 is 0 Å². The van der Waals surface area contributed by atoms with Crippen LogP contribution in [0.3, 0.4) is 0 Å². The third kappa shape index (κ3) is 5.22. The number of fused-ring (bicyclic) bond motifs is 1. The van der Waals surface area contributed by atoms with Crippen LogP contribution < -0.4 is 14.4 Å². The van der Waals surface area contributed by atoms with E-state index in [1.165, 1.54) is 13.4 Å². The second-order valence-electron chi connectivity index (χ2n) is 8.99. The molecule has 2 aliphatic heterocycles. The zero-order valence-corrected chi connectivity index (χ0v) is 21.5. The van der Waals surface area contributed by atoms with Crippen molar-refractivity contribution in [2.75, 3.05) is 57.8 Å². The number of hydrogen-bond donors (Lipinski definition) is 0. The van der Waals surface area contributed by atoms with Gasteiger partial charge in [0.25, 0.3) is 6.01 Å². The van der Waals surface area contributed by atoms with Crippen molar-refractivity contribution in [1.82, 2.24) is 24.5 Å². The summed E-state index contributed by atoms with van der Waals surface area (Å²) in [5.41, 5.74) is 2.29. The van der Waals surface area contributed by atoms with E-state index in [0.29, 0.717) is 79.5 Å². The molecule has 36 heavy (non-hydrogen) atoms. The van der Waals surface area contributed by atoms with Crippen molar-refractivity contribution < 1.29 is 27.4 Å². The number of sulfone groups is 1. The molecule has 0 amide bonds. The number of imidazole rings is 1. The number of rotatable bonds is 7. The fourth-order valence-corrected chi connectivity index (χ4v) is 5.16. The fourth-order valence-electron chi connectivity index (χ4n) is 4.39. The van der Waals surface area contributed by atoms with E-state index in [0.717, 1.165) is 12.8 Å². The summed E-state index contributed by atoms with van der Waals surface area (Å²) in [4.78, 5) is 20.9. The molecule has 0 radical (unpaired) electrons. The summed E-state index contributed by atoms with van der Waals surface area (Å²) in [6.45, 7) is 3.83. The van der Waals surface area contributed by atoms with Crippen molar-refractivity contribution in [3.63, 3.8) is 0 Å². The van der Waals surface area contributed by atoms with Crippen molar-refractivity contribution in [2.24, 2.45) is 7.05 Å². The second kappa shape index (κ2) is 10.1. The summed E-state index contributed by atoms with van der Waals surface area (Å²) >= 11 is 0. The van der Waals surface area contributed by atoms with Crippen molar-refractivity contribution in [3.8, 4) is 23.3 Å². The minimum atomic E-state index is -3.31. The minimum absolute atomic E-state index is 0.0258. The maximum Gasteiger partial charge on any atom is 0.298 e. The largest absolute Gasteiger partial charge is 0.481 e. The Morgan fingerprint density at radius 3 is 2.50 bits per heavy atom. The van der Waals surface area contributed by atoms with Gasteiger partial charge < -0.3 is 23.8 Å². The van der Waals surface area contributed by atoms with Gasteiger partial charge in [-0.1, -0.05) is 0 Å². The van der Waals surface area contributed by atoms with Gasteiger partial charge in [0, 0.05) is 56.6 Å². The maximum absolute atomic E-state index is 12.0. The molecule has 2 aliphatic rings.